The summed E-state index contributed by atoms with van der Waals surface area (Å²) < 4.78 is 79.4. The molecule has 0 bridgehead atoms. The first-order chi connectivity index (χ1) is 17.6. The largest absolute Gasteiger partial charge is 0.484 e. The van der Waals surface area contributed by atoms with Gasteiger partial charge in [-0.3, -0.25) is 19.1 Å². The molecule has 2 heterocycles. The Kier molecular flexibility index (Phi) is 8.16. The number of carbonyl (C=O) groups excluding carboxylic acids is 2. The van der Waals surface area contributed by atoms with E-state index in [0.717, 1.165) is 10.5 Å². The Morgan fingerprint density at radius 2 is 1.97 bits per heavy atom. The fourth-order valence-electron chi connectivity index (χ4n) is 3.54. The zero-order chi connectivity index (χ0) is 28.5. The number of alkyl halides is 3. The number of aromatic nitrogens is 2. The van der Waals surface area contributed by atoms with E-state index < -0.39 is 34.0 Å². The van der Waals surface area contributed by atoms with Gasteiger partial charge in [0.05, 0.1) is 43.8 Å². The molecule has 38 heavy (non-hydrogen) atoms. The maximum Gasteiger partial charge on any atom is 0.427 e. The van der Waals surface area contributed by atoms with Gasteiger partial charge in [0.25, 0.3) is 10.0 Å². The molecule has 2 aromatic rings. The first-order valence-electron chi connectivity index (χ1n) is 11.3. The van der Waals surface area contributed by atoms with Gasteiger partial charge < -0.3 is 19.9 Å². The molecule has 0 unspecified atom stereocenters. The zero-order valence-electron chi connectivity index (χ0n) is 21.0. The second-order valence-electron chi connectivity index (χ2n) is 8.96. The monoisotopic (exact) mass is 563 g/mol. The number of aliphatic hydroxyl groups is 1. The van der Waals surface area contributed by atoms with Crippen LogP contribution in [0.25, 0.3) is 0 Å². The quantitative estimate of drug-likeness (QED) is 0.442. The van der Waals surface area contributed by atoms with Crippen molar-refractivity contribution in [2.45, 2.75) is 57.0 Å². The minimum absolute atomic E-state index is 0.00809. The SMILES string of the molecule is CC(=O)NC[C@H]1CN(S(=O)(=O)c2cnn(CCO)c2C)c2cc(NC(=O)OC(C)(C)C(F)(F)F)ccc2O1. The number of benzene rings is 1. The van der Waals surface area contributed by atoms with E-state index in [2.05, 4.69) is 20.5 Å². The van der Waals surface area contributed by atoms with Gasteiger partial charge >= 0.3 is 12.3 Å². The molecule has 1 aliphatic rings. The van der Waals surface area contributed by atoms with E-state index in [0.29, 0.717) is 13.8 Å². The molecule has 1 aromatic heterocycles. The highest BCUT2D eigenvalue weighted by Gasteiger charge is 2.51. The summed E-state index contributed by atoms with van der Waals surface area (Å²) in [6.45, 7) is 3.74. The molecule has 3 N–H and O–H groups in total. The van der Waals surface area contributed by atoms with Gasteiger partial charge in [-0.1, -0.05) is 0 Å². The van der Waals surface area contributed by atoms with Crippen LogP contribution in [0.2, 0.25) is 0 Å². The topological polar surface area (TPSA) is 152 Å². The van der Waals surface area contributed by atoms with Gasteiger partial charge in [0.15, 0.2) is 0 Å². The number of amides is 2. The van der Waals surface area contributed by atoms with E-state index in [9.17, 15) is 36.3 Å². The van der Waals surface area contributed by atoms with Gasteiger partial charge in [0.2, 0.25) is 11.5 Å². The summed E-state index contributed by atoms with van der Waals surface area (Å²) in [4.78, 5) is 23.4. The molecule has 16 heteroatoms. The van der Waals surface area contributed by atoms with Crippen molar-refractivity contribution in [1.82, 2.24) is 15.1 Å². The highest BCUT2D eigenvalue weighted by molar-refractivity contribution is 7.92. The Labute approximate surface area is 216 Å². The molecule has 210 valence electrons. The first-order valence-corrected chi connectivity index (χ1v) is 12.8. The van der Waals surface area contributed by atoms with Crippen LogP contribution in [0.3, 0.4) is 0 Å². The summed E-state index contributed by atoms with van der Waals surface area (Å²) in [5, 5.41) is 18.0. The minimum Gasteiger partial charge on any atom is -0.484 e. The number of nitrogens with zero attached hydrogens (tertiary/aromatic N) is 3. The Balaban J connectivity index is 1.98. The summed E-state index contributed by atoms with van der Waals surface area (Å²) in [6.07, 6.45) is -5.87. The molecule has 0 spiro atoms. The Morgan fingerprint density at radius 1 is 1.29 bits per heavy atom. The number of ether oxygens (including phenoxy) is 2. The average Bonchev–Trinajstić information content (AvgIpc) is 3.17. The molecule has 1 aromatic carbocycles. The van der Waals surface area contributed by atoms with Crippen LogP contribution in [-0.2, 0) is 26.1 Å². The number of carbonyl (C=O) groups is 2. The van der Waals surface area contributed by atoms with Gasteiger partial charge in [0, 0.05) is 12.6 Å². The number of hydrogen-bond donors (Lipinski definition) is 3. The third-order valence-corrected chi connectivity index (χ3v) is 7.57. The lowest BCUT2D eigenvalue weighted by Gasteiger charge is -2.35. The molecule has 0 fully saturated rings. The molecule has 3 rings (SSSR count). The predicted octanol–water partition coefficient (Wildman–Crippen LogP) is 2.17. The fraction of sp³-hybridized carbons (Fsp3) is 0.500. The molecule has 0 saturated heterocycles. The molecule has 0 aliphatic carbocycles. The number of hydrogen-bond acceptors (Lipinski definition) is 8. The molecule has 12 nitrogen and oxygen atoms in total. The van der Waals surface area contributed by atoms with Crippen molar-refractivity contribution in [3.63, 3.8) is 0 Å². The van der Waals surface area contributed by atoms with E-state index in [-0.39, 0.29) is 59.9 Å². The summed E-state index contributed by atoms with van der Waals surface area (Å²) in [5.74, 6) is -0.264. The molecule has 1 atom stereocenters. The highest BCUT2D eigenvalue weighted by Crippen LogP contribution is 2.40. The number of fused-ring (bicyclic) bond motifs is 1. The number of sulfonamides is 1. The van der Waals surface area contributed by atoms with Crippen LogP contribution in [0.1, 0.15) is 26.5 Å². The van der Waals surface area contributed by atoms with Crippen molar-refractivity contribution in [2.75, 3.05) is 29.3 Å². The van der Waals surface area contributed by atoms with Crippen molar-refractivity contribution in [2.24, 2.45) is 0 Å². The van der Waals surface area contributed by atoms with Gasteiger partial charge in [-0.25, -0.2) is 13.2 Å². The molecular weight excluding hydrogens is 535 g/mol. The van der Waals surface area contributed by atoms with Crippen molar-refractivity contribution in [3.8, 4) is 5.75 Å². The Bertz CT molecular complexity index is 1310. The highest BCUT2D eigenvalue weighted by atomic mass is 32.2. The lowest BCUT2D eigenvalue weighted by atomic mass is 10.1. The van der Waals surface area contributed by atoms with Crippen LogP contribution in [0.4, 0.5) is 29.3 Å². The summed E-state index contributed by atoms with van der Waals surface area (Å²) >= 11 is 0. The van der Waals surface area contributed by atoms with E-state index in [4.69, 9.17) is 4.74 Å². The fourth-order valence-corrected chi connectivity index (χ4v) is 5.20. The van der Waals surface area contributed by atoms with Crippen LogP contribution in [0, 0.1) is 6.92 Å². The van der Waals surface area contributed by atoms with Crippen LogP contribution in [0.5, 0.6) is 5.75 Å². The average molecular weight is 564 g/mol. The van der Waals surface area contributed by atoms with Gasteiger partial charge in [-0.05, 0) is 39.0 Å². The molecule has 1 aliphatic heterocycles. The third-order valence-electron chi connectivity index (χ3n) is 5.68. The maximum absolute atomic E-state index is 13.7. The number of rotatable bonds is 8. The summed E-state index contributed by atoms with van der Waals surface area (Å²) in [5.41, 5.74) is -2.57. The lowest BCUT2D eigenvalue weighted by molar-refractivity contribution is -0.242. The molecule has 2 amide bonds. The first kappa shape index (κ1) is 29.0. The second-order valence-corrected chi connectivity index (χ2v) is 10.8. The van der Waals surface area contributed by atoms with Crippen LogP contribution < -0.4 is 19.7 Å². The predicted molar refractivity (Wildman–Crippen MR) is 128 cm³/mol. The summed E-state index contributed by atoms with van der Waals surface area (Å²) in [6, 6.07) is 3.86. The standard InChI is InChI=1S/C22H28F3N5O7S/c1-13-19(11-27-29(13)7-8-31)38(34,35)30-12-16(10-26-14(2)32)36-18-6-5-15(9-17(18)30)28-20(33)37-21(3,4)22(23,24)25/h5-6,9,11,16,31H,7-8,10,12H2,1-4H3,(H,26,32)(H,28,33)/t16-/m0/s1. The van der Waals surface area contributed by atoms with E-state index in [1.807, 2.05) is 0 Å². The van der Waals surface area contributed by atoms with E-state index in [1.165, 1.54) is 36.7 Å². The van der Waals surface area contributed by atoms with E-state index in [1.54, 1.807) is 0 Å². The normalized spacial score (nSPS) is 15.9. The maximum atomic E-state index is 13.7. The van der Waals surface area contributed by atoms with Crippen LogP contribution in [0.15, 0.2) is 29.3 Å². The van der Waals surface area contributed by atoms with Gasteiger partial charge in [-0.15, -0.1) is 0 Å². The zero-order valence-corrected chi connectivity index (χ0v) is 21.8. The number of halogens is 3. The molecule has 0 saturated carbocycles. The number of nitrogens with one attached hydrogen (secondary N) is 2. The van der Waals surface area contributed by atoms with E-state index >= 15 is 0 Å². The molecule has 0 radical (unpaired) electrons. The van der Waals surface area contributed by atoms with Crippen molar-refractivity contribution < 1.29 is 45.8 Å². The summed E-state index contributed by atoms with van der Waals surface area (Å²) in [7, 11) is -4.29. The second kappa shape index (κ2) is 10.7. The van der Waals surface area contributed by atoms with Crippen LogP contribution in [-0.4, -0.2) is 72.9 Å². The number of aliphatic hydroxyl groups excluding tert-OH is 1. The van der Waals surface area contributed by atoms with Crippen molar-refractivity contribution >= 4 is 33.4 Å². The third kappa shape index (κ3) is 6.12. The lowest BCUT2D eigenvalue weighted by Crippen LogP contribution is -2.48. The van der Waals surface area contributed by atoms with Crippen molar-refractivity contribution in [3.05, 3.63) is 30.1 Å². The van der Waals surface area contributed by atoms with Crippen LogP contribution >= 0.6 is 0 Å². The smallest absolute Gasteiger partial charge is 0.427 e. The molecular formula is C22H28F3N5O7S. The Hall–Kier alpha value is -3.53. The number of anilines is 2. The Morgan fingerprint density at radius 3 is 2.58 bits per heavy atom. The van der Waals surface area contributed by atoms with Gasteiger partial charge in [-0.2, -0.15) is 18.3 Å². The minimum atomic E-state index is -4.82. The van der Waals surface area contributed by atoms with Crippen molar-refractivity contribution in [1.29, 1.82) is 0 Å². The van der Waals surface area contributed by atoms with Gasteiger partial charge in [0.1, 0.15) is 16.7 Å².